The first-order valence-corrected chi connectivity index (χ1v) is 13.3. The lowest BCUT2D eigenvalue weighted by Gasteiger charge is -2.33. The number of piperidine rings is 2. The van der Waals surface area contributed by atoms with Crippen molar-refractivity contribution in [2.75, 3.05) is 31.1 Å². The maximum Gasteiger partial charge on any atom is 0.235 e. The molecular weight excluding hydrogens is 418 g/mol. The van der Waals surface area contributed by atoms with E-state index in [0.29, 0.717) is 12.0 Å². The van der Waals surface area contributed by atoms with Gasteiger partial charge in [-0.25, -0.2) is 0 Å². The Morgan fingerprint density at radius 3 is 2.41 bits per heavy atom. The number of anilines is 1. The summed E-state index contributed by atoms with van der Waals surface area (Å²) in [5.41, 5.74) is 1.41. The van der Waals surface area contributed by atoms with Crippen LogP contribution >= 0.6 is 11.8 Å². The van der Waals surface area contributed by atoms with Crippen LogP contribution in [0.4, 0.5) is 5.95 Å². The van der Waals surface area contributed by atoms with E-state index in [0.717, 1.165) is 56.5 Å². The number of carbonyl (C=O) groups is 1. The molecule has 6 nitrogen and oxygen atoms in total. The van der Waals surface area contributed by atoms with Gasteiger partial charge in [0.1, 0.15) is 0 Å². The molecule has 32 heavy (non-hydrogen) atoms. The van der Waals surface area contributed by atoms with E-state index in [-0.39, 0.29) is 11.2 Å². The van der Waals surface area contributed by atoms with Crippen molar-refractivity contribution in [2.45, 2.75) is 74.7 Å². The van der Waals surface area contributed by atoms with Gasteiger partial charge in [0.15, 0.2) is 5.16 Å². The molecule has 1 aliphatic carbocycles. The standard InChI is InChI=1S/C25H35N5OS/c1-19(23(31)28-16-12-21(13-17-28)18-20-8-4-2-5-9-20)32-25-27-26-24(30(25)22-10-11-22)29-14-6-3-7-15-29/h2,4-5,8-9,19,21-22H,3,6-7,10-18H2,1H3. The Hall–Kier alpha value is -2.02. The van der Waals surface area contributed by atoms with Gasteiger partial charge in [-0.05, 0) is 69.8 Å². The first kappa shape index (κ1) is 21.8. The van der Waals surface area contributed by atoms with Gasteiger partial charge in [-0.15, -0.1) is 10.2 Å². The quantitative estimate of drug-likeness (QED) is 0.575. The maximum absolute atomic E-state index is 13.2. The Morgan fingerprint density at radius 1 is 1.00 bits per heavy atom. The summed E-state index contributed by atoms with van der Waals surface area (Å²) in [6.45, 7) is 5.92. The molecule has 3 aliphatic rings. The zero-order chi connectivity index (χ0) is 21.9. The summed E-state index contributed by atoms with van der Waals surface area (Å²) in [6, 6.07) is 11.2. The van der Waals surface area contributed by atoms with Gasteiger partial charge in [0.2, 0.25) is 11.9 Å². The summed E-state index contributed by atoms with van der Waals surface area (Å²) in [6.07, 6.45) is 9.47. The molecule has 1 amide bonds. The molecule has 3 heterocycles. The van der Waals surface area contributed by atoms with Crippen molar-refractivity contribution in [2.24, 2.45) is 5.92 Å². The lowest BCUT2D eigenvalue weighted by molar-refractivity contribution is -0.131. The van der Waals surface area contributed by atoms with Crippen molar-refractivity contribution in [3.8, 4) is 0 Å². The number of aromatic nitrogens is 3. The highest BCUT2D eigenvalue weighted by Crippen LogP contribution is 2.42. The predicted molar refractivity (Wildman–Crippen MR) is 129 cm³/mol. The fourth-order valence-corrected chi connectivity index (χ4v) is 6.08. The van der Waals surface area contributed by atoms with E-state index in [1.165, 1.54) is 37.7 Å². The van der Waals surface area contributed by atoms with Crippen LogP contribution in [0.2, 0.25) is 0 Å². The van der Waals surface area contributed by atoms with Crippen molar-refractivity contribution in [1.82, 2.24) is 19.7 Å². The summed E-state index contributed by atoms with van der Waals surface area (Å²) in [5, 5.41) is 9.91. The predicted octanol–water partition coefficient (Wildman–Crippen LogP) is 4.57. The molecule has 2 aliphatic heterocycles. The molecule has 1 unspecified atom stereocenters. The average molecular weight is 454 g/mol. The lowest BCUT2D eigenvalue weighted by Crippen LogP contribution is -2.42. The summed E-state index contributed by atoms with van der Waals surface area (Å²) in [5.74, 6) is 1.95. The van der Waals surface area contributed by atoms with Crippen molar-refractivity contribution in [3.05, 3.63) is 35.9 Å². The highest BCUT2D eigenvalue weighted by atomic mass is 32.2. The van der Waals surface area contributed by atoms with Crippen LogP contribution in [-0.4, -0.2) is 57.0 Å². The Kier molecular flexibility index (Phi) is 6.72. The number of hydrogen-bond donors (Lipinski definition) is 0. The minimum Gasteiger partial charge on any atom is -0.342 e. The van der Waals surface area contributed by atoms with E-state index in [9.17, 15) is 4.79 Å². The van der Waals surface area contributed by atoms with Gasteiger partial charge in [0.05, 0.1) is 5.25 Å². The van der Waals surface area contributed by atoms with Crippen LogP contribution < -0.4 is 4.90 Å². The third-order valence-corrected chi connectivity index (χ3v) is 8.17. The molecule has 172 valence electrons. The third kappa shape index (κ3) is 4.98. The second-order valence-electron chi connectivity index (χ2n) is 9.65. The highest BCUT2D eigenvalue weighted by Gasteiger charge is 2.34. The Bertz CT molecular complexity index is 898. The fraction of sp³-hybridized carbons (Fsp3) is 0.640. The van der Waals surface area contributed by atoms with E-state index in [1.807, 2.05) is 6.92 Å². The van der Waals surface area contributed by atoms with Crippen molar-refractivity contribution < 1.29 is 4.79 Å². The highest BCUT2D eigenvalue weighted by molar-refractivity contribution is 8.00. The molecule has 1 aromatic heterocycles. The van der Waals surface area contributed by atoms with Gasteiger partial charge in [0.25, 0.3) is 0 Å². The number of amides is 1. The van der Waals surface area contributed by atoms with Crippen LogP contribution in [0.25, 0.3) is 0 Å². The van der Waals surface area contributed by atoms with Gasteiger partial charge in [-0.3, -0.25) is 9.36 Å². The third-order valence-electron chi connectivity index (χ3n) is 7.12. The molecule has 0 N–H and O–H groups in total. The van der Waals surface area contributed by atoms with Gasteiger partial charge in [-0.2, -0.15) is 0 Å². The van der Waals surface area contributed by atoms with Gasteiger partial charge >= 0.3 is 0 Å². The number of rotatable bonds is 7. The average Bonchev–Trinajstić information content (AvgIpc) is 3.60. The monoisotopic (exact) mass is 453 g/mol. The normalized spacial score (nSPS) is 21.0. The molecule has 0 radical (unpaired) electrons. The minimum absolute atomic E-state index is 0.128. The van der Waals surface area contributed by atoms with Crippen LogP contribution in [0, 0.1) is 5.92 Å². The molecule has 7 heteroatoms. The molecule has 2 aromatic rings. The lowest BCUT2D eigenvalue weighted by atomic mass is 9.90. The maximum atomic E-state index is 13.2. The minimum atomic E-state index is -0.128. The first-order chi connectivity index (χ1) is 15.7. The second-order valence-corrected chi connectivity index (χ2v) is 11.0. The number of likely N-dealkylation sites (tertiary alicyclic amines) is 1. The largest absolute Gasteiger partial charge is 0.342 e. The van der Waals surface area contributed by atoms with Gasteiger partial charge < -0.3 is 9.80 Å². The Morgan fingerprint density at radius 2 is 1.72 bits per heavy atom. The Labute approximate surface area is 195 Å². The number of nitrogens with zero attached hydrogens (tertiary/aromatic N) is 5. The van der Waals surface area contributed by atoms with E-state index in [1.54, 1.807) is 11.8 Å². The molecule has 2 saturated heterocycles. The summed E-state index contributed by atoms with van der Waals surface area (Å²) < 4.78 is 2.33. The number of thioether (sulfide) groups is 1. The molecule has 1 aromatic carbocycles. The summed E-state index contributed by atoms with van der Waals surface area (Å²) in [4.78, 5) is 17.7. The van der Waals surface area contributed by atoms with Crippen molar-refractivity contribution in [3.63, 3.8) is 0 Å². The summed E-state index contributed by atoms with van der Waals surface area (Å²) in [7, 11) is 0. The van der Waals surface area contributed by atoms with Crippen LogP contribution in [0.1, 0.15) is 63.5 Å². The van der Waals surface area contributed by atoms with Gasteiger partial charge in [-0.1, -0.05) is 42.1 Å². The molecular formula is C25H35N5OS. The molecule has 3 fully saturated rings. The van der Waals surface area contributed by atoms with Gasteiger partial charge in [0, 0.05) is 32.2 Å². The summed E-state index contributed by atoms with van der Waals surface area (Å²) >= 11 is 1.60. The molecule has 0 bridgehead atoms. The first-order valence-electron chi connectivity index (χ1n) is 12.4. The van der Waals surface area contributed by atoms with E-state index < -0.39 is 0 Å². The topological polar surface area (TPSA) is 54.3 Å². The van der Waals surface area contributed by atoms with Crippen molar-refractivity contribution in [1.29, 1.82) is 0 Å². The van der Waals surface area contributed by atoms with E-state index >= 15 is 0 Å². The Balaban J connectivity index is 1.18. The number of carbonyl (C=O) groups excluding carboxylic acids is 1. The molecule has 1 saturated carbocycles. The van der Waals surface area contributed by atoms with Crippen LogP contribution in [0.3, 0.4) is 0 Å². The van der Waals surface area contributed by atoms with Crippen LogP contribution in [0.5, 0.6) is 0 Å². The zero-order valence-corrected chi connectivity index (χ0v) is 20.0. The molecule has 5 rings (SSSR count). The van der Waals surface area contributed by atoms with E-state index in [4.69, 9.17) is 0 Å². The number of hydrogen-bond acceptors (Lipinski definition) is 5. The fourth-order valence-electron chi connectivity index (χ4n) is 5.08. The number of benzene rings is 1. The van der Waals surface area contributed by atoms with Crippen LogP contribution in [-0.2, 0) is 11.2 Å². The van der Waals surface area contributed by atoms with Crippen molar-refractivity contribution >= 4 is 23.6 Å². The van der Waals surface area contributed by atoms with E-state index in [2.05, 4.69) is 54.9 Å². The zero-order valence-electron chi connectivity index (χ0n) is 19.2. The SMILES string of the molecule is CC(Sc1nnc(N2CCCCC2)n1C1CC1)C(=O)N1CCC(Cc2ccccc2)CC1. The smallest absolute Gasteiger partial charge is 0.235 e. The molecule has 0 spiro atoms. The van der Waals surface area contributed by atoms with Crippen LogP contribution in [0.15, 0.2) is 35.5 Å². The second kappa shape index (κ2) is 9.86. The molecule has 1 atom stereocenters.